The molecule has 108 valence electrons. The van der Waals surface area contributed by atoms with Crippen molar-refractivity contribution in [3.63, 3.8) is 0 Å². The van der Waals surface area contributed by atoms with Crippen LogP contribution < -0.4 is 10.5 Å². The molecule has 0 amide bonds. The number of nitrogens with zero attached hydrogens (tertiary/aromatic N) is 2. The Kier molecular flexibility index (Phi) is 3.82. The number of halogens is 1. The van der Waals surface area contributed by atoms with Crippen molar-refractivity contribution in [1.82, 2.24) is 4.98 Å². The van der Waals surface area contributed by atoms with Gasteiger partial charge in [-0.3, -0.25) is 10.1 Å². The van der Waals surface area contributed by atoms with Crippen molar-refractivity contribution in [2.75, 3.05) is 12.8 Å². The smallest absolute Gasteiger partial charge is 0.301 e. The quantitative estimate of drug-likeness (QED) is 0.339. The second-order valence-corrected chi connectivity index (χ2v) is 4.35. The van der Waals surface area contributed by atoms with Crippen molar-refractivity contribution < 1.29 is 9.66 Å². The normalized spacial score (nSPS) is 10.3. The minimum Gasteiger partial charge on any atom is -0.494 e. The minimum atomic E-state index is -0.493. The highest BCUT2D eigenvalue weighted by Gasteiger charge is 2.21. The first-order chi connectivity index (χ1) is 9.61. The Labute approximate surface area is 126 Å². The molecule has 2 aromatic carbocycles. The molecule has 0 spiro atoms. The molecule has 0 unspecified atom stereocenters. The van der Waals surface area contributed by atoms with Gasteiger partial charge < -0.3 is 10.5 Å². The molecule has 0 aliphatic carbocycles. The Morgan fingerprint density at radius 3 is 2.67 bits per heavy atom. The Morgan fingerprint density at radius 1 is 1.29 bits per heavy atom. The zero-order chi connectivity index (χ0) is 14.3. The molecule has 21 heavy (non-hydrogen) atoms. The van der Waals surface area contributed by atoms with Gasteiger partial charge in [0.1, 0.15) is 17.0 Å². The van der Waals surface area contributed by atoms with Gasteiger partial charge in [-0.2, -0.15) is 0 Å². The summed E-state index contributed by atoms with van der Waals surface area (Å²) in [7, 11) is 1.48. The molecule has 1 heterocycles. The number of hydrogen-bond acceptors (Lipinski definition) is 5. The molecule has 1 aromatic heterocycles. The molecule has 0 saturated carbocycles. The minimum absolute atomic E-state index is 0. The number of fused-ring (bicyclic) bond motifs is 2. The van der Waals surface area contributed by atoms with E-state index in [2.05, 4.69) is 4.98 Å². The van der Waals surface area contributed by atoms with Crippen molar-refractivity contribution in [1.29, 1.82) is 0 Å². The van der Waals surface area contributed by atoms with Gasteiger partial charge in [-0.15, -0.1) is 12.4 Å². The maximum atomic E-state index is 11.2. The van der Waals surface area contributed by atoms with Crippen LogP contribution in [0.25, 0.3) is 21.8 Å². The Hall–Kier alpha value is -2.60. The maximum absolute atomic E-state index is 11.2. The first-order valence-corrected chi connectivity index (χ1v) is 5.92. The molecular formula is C14H12ClN3O3. The molecule has 0 fully saturated rings. The number of hydrogen-bond donors (Lipinski definition) is 1. The molecule has 0 aliphatic rings. The zero-order valence-corrected chi connectivity index (χ0v) is 11.9. The van der Waals surface area contributed by atoms with Crippen LogP contribution >= 0.6 is 12.4 Å². The maximum Gasteiger partial charge on any atom is 0.301 e. The molecule has 3 rings (SSSR count). The largest absolute Gasteiger partial charge is 0.494 e. The van der Waals surface area contributed by atoms with Gasteiger partial charge in [-0.05, 0) is 12.1 Å². The van der Waals surface area contributed by atoms with E-state index in [9.17, 15) is 10.1 Å². The SMILES string of the molecule is COc1cc(N)c([N+](=O)[O-])c2cc3ccccc3nc12.Cl. The monoisotopic (exact) mass is 305 g/mol. The topological polar surface area (TPSA) is 91.3 Å². The number of anilines is 1. The fraction of sp³-hybridized carbons (Fsp3) is 0.0714. The van der Waals surface area contributed by atoms with E-state index in [1.54, 1.807) is 6.07 Å². The lowest BCUT2D eigenvalue weighted by molar-refractivity contribution is -0.382. The number of nitro groups is 1. The van der Waals surface area contributed by atoms with Gasteiger partial charge in [0.2, 0.25) is 0 Å². The first-order valence-electron chi connectivity index (χ1n) is 5.92. The number of para-hydroxylation sites is 1. The third-order valence-corrected chi connectivity index (χ3v) is 3.18. The molecule has 0 saturated heterocycles. The predicted molar refractivity (Wildman–Crippen MR) is 84.1 cm³/mol. The number of nitrogens with two attached hydrogens (primary N) is 1. The Morgan fingerprint density at radius 2 is 2.00 bits per heavy atom. The van der Waals surface area contributed by atoms with E-state index >= 15 is 0 Å². The van der Waals surface area contributed by atoms with Gasteiger partial charge >= 0.3 is 5.69 Å². The summed E-state index contributed by atoms with van der Waals surface area (Å²) in [6, 6.07) is 10.6. The summed E-state index contributed by atoms with van der Waals surface area (Å²) < 4.78 is 5.23. The van der Waals surface area contributed by atoms with Crippen LogP contribution in [0.15, 0.2) is 36.4 Å². The van der Waals surface area contributed by atoms with Crippen molar-refractivity contribution in [3.05, 3.63) is 46.5 Å². The number of methoxy groups -OCH3 is 1. The first kappa shape index (κ1) is 14.8. The highest BCUT2D eigenvalue weighted by atomic mass is 35.5. The summed E-state index contributed by atoms with van der Waals surface area (Å²) >= 11 is 0. The van der Waals surface area contributed by atoms with Crippen molar-refractivity contribution in [2.45, 2.75) is 0 Å². The number of benzene rings is 2. The van der Waals surface area contributed by atoms with E-state index in [0.29, 0.717) is 16.7 Å². The fourth-order valence-corrected chi connectivity index (χ4v) is 2.28. The lowest BCUT2D eigenvalue weighted by atomic mass is 10.1. The number of nitro benzene ring substituents is 1. The number of rotatable bonds is 2. The van der Waals surface area contributed by atoms with E-state index in [1.165, 1.54) is 13.2 Å². The molecule has 3 aromatic rings. The average molecular weight is 306 g/mol. The third kappa shape index (κ3) is 2.30. The molecule has 0 atom stereocenters. The Bertz CT molecular complexity index is 852. The van der Waals surface area contributed by atoms with Gasteiger partial charge in [0.05, 0.1) is 22.9 Å². The van der Waals surface area contributed by atoms with Crippen LogP contribution in [0.4, 0.5) is 11.4 Å². The standard InChI is InChI=1S/C14H11N3O3.ClH/c1-20-12-7-10(15)14(17(18)19)9-6-8-4-2-3-5-11(8)16-13(9)12;/h2-7H,15H2,1H3;1H. The van der Waals surface area contributed by atoms with Crippen LogP contribution in [-0.2, 0) is 0 Å². The zero-order valence-electron chi connectivity index (χ0n) is 11.1. The van der Waals surface area contributed by atoms with Crippen molar-refractivity contribution in [2.24, 2.45) is 0 Å². The van der Waals surface area contributed by atoms with Crippen LogP contribution in [0.3, 0.4) is 0 Å². The van der Waals surface area contributed by atoms with Gasteiger partial charge in [-0.25, -0.2) is 4.98 Å². The Balaban J connectivity index is 0.00000161. The van der Waals surface area contributed by atoms with Gasteiger partial charge in [0, 0.05) is 11.5 Å². The third-order valence-electron chi connectivity index (χ3n) is 3.18. The number of ether oxygens (including phenoxy) is 1. The summed E-state index contributed by atoms with van der Waals surface area (Å²) in [6.45, 7) is 0. The molecule has 6 nitrogen and oxygen atoms in total. The van der Waals surface area contributed by atoms with E-state index in [-0.39, 0.29) is 23.8 Å². The van der Waals surface area contributed by atoms with E-state index in [0.717, 1.165) is 10.9 Å². The summed E-state index contributed by atoms with van der Waals surface area (Å²) in [5.74, 6) is 0.425. The predicted octanol–water partition coefficient (Wildman–Crippen LogP) is 3.31. The summed E-state index contributed by atoms with van der Waals surface area (Å²) in [6.07, 6.45) is 0. The lowest BCUT2D eigenvalue weighted by Crippen LogP contribution is -1.99. The van der Waals surface area contributed by atoms with Crippen LogP contribution in [0.2, 0.25) is 0 Å². The van der Waals surface area contributed by atoms with Gasteiger partial charge in [0.15, 0.2) is 0 Å². The number of aromatic nitrogens is 1. The number of nitrogen functional groups attached to an aromatic ring is 1. The average Bonchev–Trinajstić information content (AvgIpc) is 2.44. The van der Waals surface area contributed by atoms with E-state index < -0.39 is 4.92 Å². The lowest BCUT2D eigenvalue weighted by Gasteiger charge is -2.09. The second kappa shape index (κ2) is 5.41. The van der Waals surface area contributed by atoms with Crippen LogP contribution in [-0.4, -0.2) is 17.0 Å². The van der Waals surface area contributed by atoms with E-state index in [1.807, 2.05) is 24.3 Å². The highest BCUT2D eigenvalue weighted by Crippen LogP contribution is 2.38. The summed E-state index contributed by atoms with van der Waals surface area (Å²) in [5.41, 5.74) is 6.87. The molecular weight excluding hydrogens is 294 g/mol. The highest BCUT2D eigenvalue weighted by molar-refractivity contribution is 6.03. The number of pyridine rings is 1. The van der Waals surface area contributed by atoms with Crippen molar-refractivity contribution >= 4 is 45.6 Å². The van der Waals surface area contributed by atoms with E-state index in [4.69, 9.17) is 10.5 Å². The molecule has 2 N–H and O–H groups in total. The van der Waals surface area contributed by atoms with Gasteiger partial charge in [0.25, 0.3) is 0 Å². The molecule has 0 bridgehead atoms. The second-order valence-electron chi connectivity index (χ2n) is 4.35. The molecule has 7 heteroatoms. The van der Waals surface area contributed by atoms with Crippen LogP contribution in [0.1, 0.15) is 0 Å². The fourth-order valence-electron chi connectivity index (χ4n) is 2.28. The van der Waals surface area contributed by atoms with Crippen LogP contribution in [0.5, 0.6) is 5.75 Å². The summed E-state index contributed by atoms with van der Waals surface area (Å²) in [4.78, 5) is 15.2. The van der Waals surface area contributed by atoms with Gasteiger partial charge in [-0.1, -0.05) is 18.2 Å². The summed E-state index contributed by atoms with van der Waals surface area (Å²) in [5, 5.41) is 12.4. The molecule has 0 aliphatic heterocycles. The van der Waals surface area contributed by atoms with Crippen LogP contribution in [0, 0.1) is 10.1 Å². The van der Waals surface area contributed by atoms with Crippen molar-refractivity contribution in [3.8, 4) is 5.75 Å². The molecule has 0 radical (unpaired) electrons.